The minimum absolute atomic E-state index is 0.162. The zero-order valence-corrected chi connectivity index (χ0v) is 16.5. The van der Waals surface area contributed by atoms with Gasteiger partial charge in [-0.25, -0.2) is 9.37 Å². The molecule has 0 aliphatic heterocycles. The van der Waals surface area contributed by atoms with E-state index >= 15 is 0 Å². The van der Waals surface area contributed by atoms with Crippen LogP contribution in [-0.2, 0) is 9.53 Å². The molecule has 1 aromatic carbocycles. The second-order valence-electron chi connectivity index (χ2n) is 6.24. The van der Waals surface area contributed by atoms with Crippen molar-refractivity contribution in [3.05, 3.63) is 54.6 Å². The number of methoxy groups -OCH3 is 1. The van der Waals surface area contributed by atoms with Crippen LogP contribution in [0, 0.1) is 5.82 Å². The lowest BCUT2D eigenvalue weighted by atomic mass is 10.1. The molecule has 0 amide bonds. The first kappa shape index (κ1) is 20.1. The van der Waals surface area contributed by atoms with E-state index < -0.39 is 0 Å². The van der Waals surface area contributed by atoms with Crippen molar-refractivity contribution >= 4 is 17.7 Å². The Morgan fingerprint density at radius 3 is 2.54 bits per heavy atom. The fraction of sp³-hybridized carbons (Fsp3) is 0.286. The van der Waals surface area contributed by atoms with Gasteiger partial charge in [0, 0.05) is 35.7 Å². The molecule has 0 spiro atoms. The molecule has 0 radical (unpaired) electrons. The quantitative estimate of drug-likeness (QED) is 0.308. The van der Waals surface area contributed by atoms with E-state index in [1.165, 1.54) is 19.2 Å². The predicted octanol–water partition coefficient (Wildman–Crippen LogP) is 5.10. The average molecular weight is 399 g/mol. The summed E-state index contributed by atoms with van der Waals surface area (Å²) in [5.41, 5.74) is 3.52. The standard InChI is InChI=1S/C21H22FN3O2S/c1-27-18(26)5-3-2-4-14-28-21-24-19(15-6-8-17(22)9-7-15)20(25-21)16-10-12-23-13-11-16/h6-13H,2-5,14H2,1H3,(H,24,25). The Morgan fingerprint density at radius 1 is 1.07 bits per heavy atom. The number of nitrogens with one attached hydrogen (secondary N) is 1. The summed E-state index contributed by atoms with van der Waals surface area (Å²) >= 11 is 1.64. The number of carbonyl (C=O) groups is 1. The number of carbonyl (C=O) groups excluding carboxylic acids is 1. The van der Waals surface area contributed by atoms with Crippen LogP contribution in [0.1, 0.15) is 25.7 Å². The molecular formula is C21H22FN3O2S. The van der Waals surface area contributed by atoms with Crippen molar-refractivity contribution in [1.82, 2.24) is 15.0 Å². The first-order chi connectivity index (χ1) is 13.7. The van der Waals surface area contributed by atoms with Crippen molar-refractivity contribution in [1.29, 1.82) is 0 Å². The average Bonchev–Trinajstić information content (AvgIpc) is 3.15. The highest BCUT2D eigenvalue weighted by Gasteiger charge is 2.14. The summed E-state index contributed by atoms with van der Waals surface area (Å²) in [6, 6.07) is 10.2. The van der Waals surface area contributed by atoms with Gasteiger partial charge in [-0.3, -0.25) is 9.78 Å². The minimum Gasteiger partial charge on any atom is -0.469 e. The van der Waals surface area contributed by atoms with Gasteiger partial charge in [-0.1, -0.05) is 18.2 Å². The van der Waals surface area contributed by atoms with E-state index in [2.05, 4.69) is 14.7 Å². The Hall–Kier alpha value is -2.67. The Kier molecular flexibility index (Phi) is 7.19. The van der Waals surface area contributed by atoms with E-state index in [0.29, 0.717) is 6.42 Å². The van der Waals surface area contributed by atoms with Crippen molar-refractivity contribution in [2.24, 2.45) is 0 Å². The maximum Gasteiger partial charge on any atom is 0.305 e. The van der Waals surface area contributed by atoms with Crippen molar-refractivity contribution in [3.63, 3.8) is 0 Å². The summed E-state index contributed by atoms with van der Waals surface area (Å²) in [6.45, 7) is 0. The summed E-state index contributed by atoms with van der Waals surface area (Å²) in [5, 5.41) is 0.819. The number of aromatic amines is 1. The number of hydrogen-bond donors (Lipinski definition) is 1. The van der Waals surface area contributed by atoms with Gasteiger partial charge in [0.1, 0.15) is 5.82 Å². The molecule has 0 saturated heterocycles. The maximum absolute atomic E-state index is 13.3. The van der Waals surface area contributed by atoms with Gasteiger partial charge in [-0.2, -0.15) is 0 Å². The molecule has 0 aliphatic rings. The first-order valence-electron chi connectivity index (χ1n) is 9.13. The molecule has 0 bridgehead atoms. The lowest BCUT2D eigenvalue weighted by Gasteiger charge is -2.02. The van der Waals surface area contributed by atoms with Crippen LogP contribution >= 0.6 is 11.8 Å². The van der Waals surface area contributed by atoms with Crippen molar-refractivity contribution < 1.29 is 13.9 Å². The Bertz CT molecular complexity index is 898. The Morgan fingerprint density at radius 2 is 1.82 bits per heavy atom. The smallest absolute Gasteiger partial charge is 0.305 e. The molecule has 0 saturated carbocycles. The number of pyridine rings is 1. The number of unbranched alkanes of at least 4 members (excludes halogenated alkanes) is 2. The van der Waals surface area contributed by atoms with Gasteiger partial charge in [0.2, 0.25) is 0 Å². The number of nitrogens with zero attached hydrogens (tertiary/aromatic N) is 2. The molecule has 0 fully saturated rings. The molecule has 2 heterocycles. The van der Waals surface area contributed by atoms with Crippen molar-refractivity contribution in [2.45, 2.75) is 30.8 Å². The normalized spacial score (nSPS) is 10.8. The molecule has 0 unspecified atom stereocenters. The highest BCUT2D eigenvalue weighted by molar-refractivity contribution is 7.99. The van der Waals surface area contributed by atoms with E-state index in [9.17, 15) is 9.18 Å². The van der Waals surface area contributed by atoms with Crippen LogP contribution in [0.3, 0.4) is 0 Å². The molecule has 3 aromatic rings. The number of hydrogen-bond acceptors (Lipinski definition) is 5. The van der Waals surface area contributed by atoms with Gasteiger partial charge in [-0.15, -0.1) is 0 Å². The van der Waals surface area contributed by atoms with Crippen LogP contribution in [0.2, 0.25) is 0 Å². The molecule has 5 nitrogen and oxygen atoms in total. The number of benzene rings is 1. The fourth-order valence-corrected chi connectivity index (χ4v) is 3.65. The molecule has 2 aromatic heterocycles. The number of H-pyrrole nitrogens is 1. The Balaban J connectivity index is 1.69. The van der Waals surface area contributed by atoms with Crippen molar-refractivity contribution in [3.8, 4) is 22.5 Å². The monoisotopic (exact) mass is 399 g/mol. The second kappa shape index (κ2) is 10.0. The van der Waals surface area contributed by atoms with E-state index in [1.807, 2.05) is 12.1 Å². The number of aromatic nitrogens is 3. The minimum atomic E-state index is -0.272. The molecule has 7 heteroatoms. The third kappa shape index (κ3) is 5.42. The predicted molar refractivity (Wildman–Crippen MR) is 108 cm³/mol. The van der Waals surface area contributed by atoms with Gasteiger partial charge in [0.25, 0.3) is 0 Å². The van der Waals surface area contributed by atoms with E-state index in [0.717, 1.165) is 52.7 Å². The summed E-state index contributed by atoms with van der Waals surface area (Å²) < 4.78 is 17.9. The number of halogens is 1. The zero-order valence-electron chi connectivity index (χ0n) is 15.7. The van der Waals surface area contributed by atoms with E-state index in [4.69, 9.17) is 4.98 Å². The number of esters is 1. The molecule has 146 valence electrons. The molecule has 0 atom stereocenters. The van der Waals surface area contributed by atoms with Crippen LogP contribution < -0.4 is 0 Å². The maximum atomic E-state index is 13.3. The van der Waals surface area contributed by atoms with Crippen LogP contribution in [0.25, 0.3) is 22.5 Å². The summed E-state index contributed by atoms with van der Waals surface area (Å²) in [5.74, 6) is 0.462. The number of rotatable bonds is 9. The molecule has 1 N–H and O–H groups in total. The number of imidazole rings is 1. The lowest BCUT2D eigenvalue weighted by molar-refractivity contribution is -0.140. The second-order valence-corrected chi connectivity index (χ2v) is 7.33. The molecule has 0 aliphatic carbocycles. The van der Waals surface area contributed by atoms with Crippen molar-refractivity contribution in [2.75, 3.05) is 12.9 Å². The van der Waals surface area contributed by atoms with Gasteiger partial charge >= 0.3 is 5.97 Å². The summed E-state index contributed by atoms with van der Waals surface area (Å²) in [7, 11) is 1.41. The Labute approximate surface area is 167 Å². The van der Waals surface area contributed by atoms with E-state index in [-0.39, 0.29) is 11.8 Å². The topological polar surface area (TPSA) is 67.9 Å². The van der Waals surface area contributed by atoms with Crippen LogP contribution in [-0.4, -0.2) is 33.8 Å². The lowest BCUT2D eigenvalue weighted by Crippen LogP contribution is -1.99. The highest BCUT2D eigenvalue weighted by atomic mass is 32.2. The molecular weight excluding hydrogens is 377 g/mol. The van der Waals surface area contributed by atoms with Crippen LogP contribution in [0.5, 0.6) is 0 Å². The third-order valence-corrected chi connectivity index (χ3v) is 5.22. The van der Waals surface area contributed by atoms with Gasteiger partial charge in [0.15, 0.2) is 5.16 Å². The van der Waals surface area contributed by atoms with E-state index in [1.54, 1.807) is 36.3 Å². The highest BCUT2D eigenvalue weighted by Crippen LogP contribution is 2.32. The number of thioether (sulfide) groups is 1. The van der Waals surface area contributed by atoms with Crippen LogP contribution in [0.4, 0.5) is 4.39 Å². The molecule has 28 heavy (non-hydrogen) atoms. The van der Waals surface area contributed by atoms with Gasteiger partial charge < -0.3 is 9.72 Å². The SMILES string of the molecule is COC(=O)CCCCCSc1nc(-c2ccc(F)cc2)c(-c2ccncc2)[nH]1. The first-order valence-corrected chi connectivity index (χ1v) is 10.1. The fourth-order valence-electron chi connectivity index (χ4n) is 2.78. The van der Waals surface area contributed by atoms with Gasteiger partial charge in [-0.05, 0) is 49.2 Å². The largest absolute Gasteiger partial charge is 0.469 e. The third-order valence-electron chi connectivity index (χ3n) is 4.26. The zero-order chi connectivity index (χ0) is 19.8. The number of ether oxygens (including phenoxy) is 1. The summed E-state index contributed by atoms with van der Waals surface area (Å²) in [6.07, 6.45) is 6.71. The summed E-state index contributed by atoms with van der Waals surface area (Å²) in [4.78, 5) is 23.3. The molecule has 3 rings (SSSR count). The van der Waals surface area contributed by atoms with Gasteiger partial charge in [0.05, 0.1) is 18.5 Å². The van der Waals surface area contributed by atoms with Crippen LogP contribution in [0.15, 0.2) is 53.9 Å².